The van der Waals surface area contributed by atoms with Crippen molar-refractivity contribution in [3.05, 3.63) is 88.1 Å². The minimum atomic E-state index is -0.492. The fourth-order valence-corrected chi connectivity index (χ4v) is 6.25. The maximum Gasteiger partial charge on any atom is 0.269 e. The van der Waals surface area contributed by atoms with Crippen LogP contribution in [0, 0.1) is 28.5 Å². The second kappa shape index (κ2) is 11.7. The Labute approximate surface area is 250 Å². The third-order valence-corrected chi connectivity index (χ3v) is 9.02. The van der Waals surface area contributed by atoms with Gasteiger partial charge in [0.15, 0.2) is 0 Å². The third kappa shape index (κ3) is 5.96. The molecule has 0 spiro atoms. The fourth-order valence-electron chi connectivity index (χ4n) is 6.25. The first-order chi connectivity index (χ1) is 20.7. The van der Waals surface area contributed by atoms with Crippen LogP contribution in [0.2, 0.25) is 0 Å². The average molecular weight is 583 g/mol. The lowest BCUT2D eigenvalue weighted by Crippen LogP contribution is -2.41. The Hall–Kier alpha value is -4.33. The van der Waals surface area contributed by atoms with Crippen molar-refractivity contribution in [1.82, 2.24) is 25.4 Å². The molecule has 2 atom stereocenters. The molecule has 222 valence electrons. The maximum atomic E-state index is 14.2. The molecule has 3 aromatic rings. The first-order valence-corrected chi connectivity index (χ1v) is 14.7. The number of hydrogen-bond donors (Lipinski definition) is 2. The largest absolute Gasteiger partial charge is 0.379 e. The molecule has 2 aliphatic heterocycles. The van der Waals surface area contributed by atoms with Gasteiger partial charge in [-0.3, -0.25) is 14.5 Å². The lowest BCUT2D eigenvalue weighted by atomic mass is 9.94. The second-order valence-corrected chi connectivity index (χ2v) is 11.8. The Bertz CT molecular complexity index is 1640. The number of halogens is 1. The molecule has 2 aromatic carbocycles. The molecule has 6 rings (SSSR count). The van der Waals surface area contributed by atoms with Crippen molar-refractivity contribution in [3.63, 3.8) is 0 Å². The van der Waals surface area contributed by atoms with E-state index in [1.54, 1.807) is 0 Å². The van der Waals surface area contributed by atoms with Crippen LogP contribution < -0.4 is 10.6 Å². The molecule has 2 N–H and O–H groups in total. The first kappa shape index (κ1) is 28.8. The van der Waals surface area contributed by atoms with Crippen LogP contribution in [-0.2, 0) is 11.3 Å². The van der Waals surface area contributed by atoms with Gasteiger partial charge in [0.25, 0.3) is 11.8 Å². The molecular weight excluding hydrogens is 547 g/mol. The Balaban J connectivity index is 1.24. The summed E-state index contributed by atoms with van der Waals surface area (Å²) in [5, 5.41) is 15.7. The molecule has 2 fully saturated rings. The number of benzene rings is 2. The van der Waals surface area contributed by atoms with Crippen LogP contribution in [0.5, 0.6) is 0 Å². The Morgan fingerprint density at radius 2 is 1.91 bits per heavy atom. The molecule has 3 heterocycles. The molecule has 2 amide bonds. The van der Waals surface area contributed by atoms with Gasteiger partial charge >= 0.3 is 0 Å². The number of nitrogens with one attached hydrogen (secondary N) is 2. The van der Waals surface area contributed by atoms with Crippen molar-refractivity contribution < 1.29 is 18.7 Å². The summed E-state index contributed by atoms with van der Waals surface area (Å²) >= 11 is 0. The molecule has 10 heteroatoms. The number of allylic oxidation sites excluding steroid dienone is 2. The molecular formula is C33H35FN6O3. The number of nitrogens with zero attached hydrogens (tertiary/aromatic N) is 4. The SMILES string of the molecule is CC1=C(NC(=O)c2cc(C(=O)NCCN3CCOCC3)nc3cc(F)ccc23)C2(C)CC2CN1Cc1ccc(C#N)cc1. The molecule has 9 nitrogen and oxygen atoms in total. The minimum Gasteiger partial charge on any atom is -0.379 e. The van der Waals surface area contributed by atoms with E-state index >= 15 is 0 Å². The van der Waals surface area contributed by atoms with Gasteiger partial charge in [0, 0.05) is 67.5 Å². The smallest absolute Gasteiger partial charge is 0.269 e. The summed E-state index contributed by atoms with van der Waals surface area (Å²) in [6.07, 6.45) is 0.961. The number of rotatable bonds is 8. The molecule has 1 saturated heterocycles. The van der Waals surface area contributed by atoms with Crippen molar-refractivity contribution >= 4 is 22.7 Å². The summed E-state index contributed by atoms with van der Waals surface area (Å²) < 4.78 is 19.6. The van der Waals surface area contributed by atoms with Crippen molar-refractivity contribution in [3.8, 4) is 6.07 Å². The first-order valence-electron chi connectivity index (χ1n) is 14.7. The Morgan fingerprint density at radius 3 is 2.65 bits per heavy atom. The molecule has 0 radical (unpaired) electrons. The summed E-state index contributed by atoms with van der Waals surface area (Å²) in [5.41, 5.74) is 4.00. The predicted octanol–water partition coefficient (Wildman–Crippen LogP) is 3.81. The average Bonchev–Trinajstić information content (AvgIpc) is 3.69. The number of ether oxygens (including phenoxy) is 1. The molecule has 1 saturated carbocycles. The zero-order valence-corrected chi connectivity index (χ0v) is 24.5. The summed E-state index contributed by atoms with van der Waals surface area (Å²) in [4.78, 5) is 35.9. The number of hydrogen-bond acceptors (Lipinski definition) is 7. The van der Waals surface area contributed by atoms with Gasteiger partial charge in [0.05, 0.1) is 35.9 Å². The van der Waals surface area contributed by atoms with Crippen LogP contribution in [0.15, 0.2) is 59.9 Å². The predicted molar refractivity (Wildman–Crippen MR) is 159 cm³/mol. The van der Waals surface area contributed by atoms with Crippen molar-refractivity contribution in [2.24, 2.45) is 11.3 Å². The van der Waals surface area contributed by atoms with Crippen LogP contribution in [0.1, 0.15) is 52.2 Å². The van der Waals surface area contributed by atoms with E-state index in [-0.39, 0.29) is 28.1 Å². The van der Waals surface area contributed by atoms with Crippen LogP contribution in [-0.4, -0.2) is 72.5 Å². The number of carbonyl (C=O) groups is 2. The zero-order valence-electron chi connectivity index (χ0n) is 24.5. The summed E-state index contributed by atoms with van der Waals surface area (Å²) in [6.45, 7) is 9.81. The highest BCUT2D eigenvalue weighted by Crippen LogP contribution is 2.60. The lowest BCUT2D eigenvalue weighted by molar-refractivity contribution is 0.0383. The number of pyridine rings is 1. The number of morpholine rings is 1. The van der Waals surface area contributed by atoms with Gasteiger partial charge in [-0.25, -0.2) is 9.37 Å². The Morgan fingerprint density at radius 1 is 1.14 bits per heavy atom. The van der Waals surface area contributed by atoms with Gasteiger partial charge in [-0.2, -0.15) is 5.26 Å². The second-order valence-electron chi connectivity index (χ2n) is 11.8. The van der Waals surface area contributed by atoms with E-state index in [0.29, 0.717) is 49.7 Å². The summed E-state index contributed by atoms with van der Waals surface area (Å²) in [5.74, 6) is -0.859. The molecule has 3 aliphatic rings. The van der Waals surface area contributed by atoms with Crippen molar-refractivity contribution in [2.45, 2.75) is 26.8 Å². The van der Waals surface area contributed by atoms with Gasteiger partial charge in [-0.05, 0) is 55.2 Å². The zero-order chi connectivity index (χ0) is 30.1. The van der Waals surface area contributed by atoms with Crippen LogP contribution in [0.4, 0.5) is 4.39 Å². The molecule has 0 bridgehead atoms. The highest BCUT2D eigenvalue weighted by atomic mass is 19.1. The summed E-state index contributed by atoms with van der Waals surface area (Å²) in [7, 11) is 0. The van der Waals surface area contributed by atoms with Gasteiger partial charge in [0.2, 0.25) is 0 Å². The molecule has 1 aromatic heterocycles. The molecule has 43 heavy (non-hydrogen) atoms. The van der Waals surface area contributed by atoms with Crippen molar-refractivity contribution in [2.75, 3.05) is 45.9 Å². The van der Waals surface area contributed by atoms with Gasteiger partial charge in [0.1, 0.15) is 11.5 Å². The number of nitriles is 1. The van der Waals surface area contributed by atoms with Gasteiger partial charge in [-0.15, -0.1) is 0 Å². The lowest BCUT2D eigenvalue weighted by Gasteiger charge is -2.35. The summed E-state index contributed by atoms with van der Waals surface area (Å²) in [6, 6.07) is 15.3. The van der Waals surface area contributed by atoms with E-state index in [1.807, 2.05) is 31.2 Å². The van der Waals surface area contributed by atoms with E-state index in [0.717, 1.165) is 43.0 Å². The van der Waals surface area contributed by atoms with E-state index in [9.17, 15) is 14.0 Å². The van der Waals surface area contributed by atoms with Crippen LogP contribution in [0.3, 0.4) is 0 Å². The topological polar surface area (TPSA) is 111 Å². The fraction of sp³-hybridized carbons (Fsp3) is 0.394. The van der Waals surface area contributed by atoms with Crippen molar-refractivity contribution in [1.29, 1.82) is 5.26 Å². The molecule has 1 aliphatic carbocycles. The highest BCUT2D eigenvalue weighted by Gasteiger charge is 2.57. The van der Waals surface area contributed by atoms with E-state index in [2.05, 4.69) is 38.4 Å². The quantitative estimate of drug-likeness (QED) is 0.416. The normalized spacial score (nSPS) is 21.7. The standard InChI is InChI=1S/C33H35FN6O3/c1-21-30(33(2)17-24(33)20-40(21)19-23-5-3-22(18-35)4-6-23)38-31(41)27-16-29(37-28-15-25(34)7-8-26(27)28)32(42)36-9-10-39-11-13-43-14-12-39/h3-8,15-16,24H,9-14,17,19-20H2,1-2H3,(H,36,42)(H,38,41). The van der Waals surface area contributed by atoms with Crippen LogP contribution in [0.25, 0.3) is 10.9 Å². The number of amides is 2. The van der Waals surface area contributed by atoms with E-state index in [1.165, 1.54) is 24.3 Å². The minimum absolute atomic E-state index is 0.0672. The maximum absolute atomic E-state index is 14.2. The monoisotopic (exact) mass is 582 g/mol. The number of carbonyl (C=O) groups excluding carboxylic acids is 2. The van der Waals surface area contributed by atoms with Gasteiger partial charge in [-0.1, -0.05) is 19.1 Å². The van der Waals surface area contributed by atoms with E-state index < -0.39 is 11.7 Å². The van der Waals surface area contributed by atoms with Crippen LogP contribution >= 0.6 is 0 Å². The number of aromatic nitrogens is 1. The highest BCUT2D eigenvalue weighted by molar-refractivity contribution is 6.09. The molecule has 2 unspecified atom stereocenters. The van der Waals surface area contributed by atoms with E-state index in [4.69, 9.17) is 10.00 Å². The number of fused-ring (bicyclic) bond motifs is 2. The third-order valence-electron chi connectivity index (χ3n) is 9.02. The Kier molecular flexibility index (Phi) is 7.86. The van der Waals surface area contributed by atoms with Gasteiger partial charge < -0.3 is 20.3 Å².